The van der Waals surface area contributed by atoms with Crippen LogP contribution in [0.4, 0.5) is 18.0 Å². The van der Waals surface area contributed by atoms with E-state index in [1.807, 2.05) is 0 Å². The van der Waals surface area contributed by atoms with Gasteiger partial charge in [0.1, 0.15) is 18.8 Å². The lowest BCUT2D eigenvalue weighted by atomic mass is 10.0. The summed E-state index contributed by atoms with van der Waals surface area (Å²) in [5, 5.41) is 21.8. The number of aliphatic hydroxyl groups excluding tert-OH is 2. The first-order valence-electron chi connectivity index (χ1n) is 7.34. The van der Waals surface area contributed by atoms with E-state index in [4.69, 9.17) is 4.74 Å². The van der Waals surface area contributed by atoms with Crippen LogP contribution in [0.3, 0.4) is 0 Å². The Morgan fingerprint density at radius 3 is 2.40 bits per heavy atom. The molecule has 1 amide bonds. The second-order valence-corrected chi connectivity index (χ2v) is 5.22. The summed E-state index contributed by atoms with van der Waals surface area (Å²) in [6.07, 6.45) is -4.37. The van der Waals surface area contributed by atoms with Crippen LogP contribution in [0.5, 0.6) is 0 Å². The number of alkyl carbamates (subject to hydrolysis) is 1. The van der Waals surface area contributed by atoms with Crippen LogP contribution in [0.2, 0.25) is 0 Å². The third-order valence-electron chi connectivity index (χ3n) is 3.42. The molecule has 0 saturated carbocycles. The third kappa shape index (κ3) is 4.94. The molecule has 2 aromatic carbocycles. The number of amides is 1. The molecule has 0 bridgehead atoms. The quantitative estimate of drug-likeness (QED) is 0.696. The number of carbonyl (C=O) groups is 1. The van der Waals surface area contributed by atoms with Gasteiger partial charge >= 0.3 is 6.09 Å². The number of carbonyl (C=O) groups excluding carboxylic acids is 1. The molecular weight excluding hydrogens is 339 g/mol. The van der Waals surface area contributed by atoms with Gasteiger partial charge in [0.15, 0.2) is 17.5 Å². The van der Waals surface area contributed by atoms with Crippen molar-refractivity contribution in [2.45, 2.75) is 18.8 Å². The third-order valence-corrected chi connectivity index (χ3v) is 3.42. The summed E-state index contributed by atoms with van der Waals surface area (Å²) in [7, 11) is 0. The van der Waals surface area contributed by atoms with Crippen LogP contribution in [-0.4, -0.2) is 29.0 Å². The number of rotatable bonds is 6. The van der Waals surface area contributed by atoms with Crippen molar-refractivity contribution < 1.29 is 32.9 Å². The second-order valence-electron chi connectivity index (χ2n) is 5.22. The summed E-state index contributed by atoms with van der Waals surface area (Å²) >= 11 is 0. The summed E-state index contributed by atoms with van der Waals surface area (Å²) in [4.78, 5) is 11.5. The Bertz CT molecular complexity index is 727. The van der Waals surface area contributed by atoms with Crippen molar-refractivity contribution in [1.82, 2.24) is 5.32 Å². The van der Waals surface area contributed by atoms with Gasteiger partial charge in [-0.25, -0.2) is 18.0 Å². The van der Waals surface area contributed by atoms with E-state index in [9.17, 15) is 28.2 Å². The second kappa shape index (κ2) is 8.50. The Labute approximate surface area is 141 Å². The van der Waals surface area contributed by atoms with Gasteiger partial charge in [-0.3, -0.25) is 0 Å². The Morgan fingerprint density at radius 1 is 1.04 bits per heavy atom. The van der Waals surface area contributed by atoms with Gasteiger partial charge in [-0.1, -0.05) is 36.4 Å². The minimum Gasteiger partial charge on any atom is -0.445 e. The van der Waals surface area contributed by atoms with Gasteiger partial charge in [0.2, 0.25) is 0 Å². The maximum Gasteiger partial charge on any atom is 0.407 e. The van der Waals surface area contributed by atoms with Gasteiger partial charge in [-0.15, -0.1) is 0 Å². The number of hydrogen-bond acceptors (Lipinski definition) is 4. The standard InChI is InChI=1S/C17H16F3NO4/c18-12-7-6-11(14(19)15(12)20)16(23)13(22)8-21-17(24)25-9-10-4-2-1-3-5-10/h1-7,13,16,22-23H,8-9H2,(H,21,24). The molecule has 0 aliphatic heterocycles. The summed E-state index contributed by atoms with van der Waals surface area (Å²) in [6, 6.07) is 10.3. The molecule has 2 unspecified atom stereocenters. The van der Waals surface area contributed by atoms with Crippen LogP contribution in [0, 0.1) is 17.5 Å². The first-order valence-corrected chi connectivity index (χ1v) is 7.34. The molecule has 0 radical (unpaired) electrons. The highest BCUT2D eigenvalue weighted by atomic mass is 19.2. The number of hydrogen-bond donors (Lipinski definition) is 3. The molecule has 5 nitrogen and oxygen atoms in total. The molecule has 0 heterocycles. The van der Waals surface area contributed by atoms with Gasteiger partial charge < -0.3 is 20.3 Å². The molecule has 2 rings (SSSR count). The van der Waals surface area contributed by atoms with Crippen molar-refractivity contribution in [2.75, 3.05) is 6.54 Å². The van der Waals surface area contributed by atoms with Crippen LogP contribution >= 0.6 is 0 Å². The molecule has 134 valence electrons. The SMILES string of the molecule is O=C(NCC(O)C(O)c1ccc(F)c(F)c1F)OCc1ccccc1. The van der Waals surface area contributed by atoms with Crippen LogP contribution in [0.1, 0.15) is 17.2 Å². The van der Waals surface area contributed by atoms with Crippen molar-refractivity contribution in [2.24, 2.45) is 0 Å². The van der Waals surface area contributed by atoms with Crippen LogP contribution in [0.25, 0.3) is 0 Å². The van der Waals surface area contributed by atoms with Crippen LogP contribution < -0.4 is 5.32 Å². The van der Waals surface area contributed by atoms with Gasteiger partial charge in [0, 0.05) is 12.1 Å². The van der Waals surface area contributed by atoms with Crippen LogP contribution in [0.15, 0.2) is 42.5 Å². The minimum absolute atomic E-state index is 0.00310. The van der Waals surface area contributed by atoms with E-state index < -0.39 is 47.9 Å². The van der Waals surface area contributed by atoms with E-state index in [1.54, 1.807) is 30.3 Å². The molecule has 2 atom stereocenters. The molecule has 0 saturated heterocycles. The van der Waals surface area contributed by atoms with Crippen molar-refractivity contribution in [1.29, 1.82) is 0 Å². The molecule has 3 N–H and O–H groups in total. The monoisotopic (exact) mass is 355 g/mol. The lowest BCUT2D eigenvalue weighted by molar-refractivity contribution is 0.0159. The van der Waals surface area contributed by atoms with E-state index in [1.165, 1.54) is 0 Å². The van der Waals surface area contributed by atoms with Gasteiger partial charge in [-0.05, 0) is 11.6 Å². The molecule has 8 heteroatoms. The maximum atomic E-state index is 13.6. The average molecular weight is 355 g/mol. The number of benzene rings is 2. The molecule has 0 aromatic heterocycles. The summed E-state index contributed by atoms with van der Waals surface area (Å²) < 4.78 is 44.5. The normalized spacial score (nSPS) is 13.2. The minimum atomic E-state index is -1.86. The van der Waals surface area contributed by atoms with Crippen molar-refractivity contribution >= 4 is 6.09 Å². The van der Waals surface area contributed by atoms with E-state index in [0.29, 0.717) is 6.07 Å². The zero-order chi connectivity index (χ0) is 18.4. The Hall–Kier alpha value is -2.58. The number of nitrogens with one attached hydrogen (secondary N) is 1. The predicted molar refractivity (Wildman–Crippen MR) is 81.9 cm³/mol. The highest BCUT2D eigenvalue weighted by molar-refractivity contribution is 5.67. The average Bonchev–Trinajstić information content (AvgIpc) is 2.63. The lowest BCUT2D eigenvalue weighted by Gasteiger charge is -2.19. The lowest BCUT2D eigenvalue weighted by Crippen LogP contribution is -2.36. The summed E-state index contributed by atoms with van der Waals surface area (Å²) in [5.41, 5.74) is 0.132. The van der Waals surface area contributed by atoms with E-state index in [-0.39, 0.29) is 6.61 Å². The highest BCUT2D eigenvalue weighted by Crippen LogP contribution is 2.23. The first-order chi connectivity index (χ1) is 11.9. The highest BCUT2D eigenvalue weighted by Gasteiger charge is 2.25. The molecule has 0 aliphatic rings. The topological polar surface area (TPSA) is 78.8 Å². The first kappa shape index (κ1) is 18.8. The molecular formula is C17H16F3NO4. The molecule has 0 spiro atoms. The summed E-state index contributed by atoms with van der Waals surface area (Å²) in [6.45, 7) is -0.476. The molecule has 0 aliphatic carbocycles. The number of aliphatic hydroxyl groups is 2. The van der Waals surface area contributed by atoms with E-state index >= 15 is 0 Å². The number of halogens is 3. The van der Waals surface area contributed by atoms with E-state index in [2.05, 4.69) is 5.32 Å². The van der Waals surface area contributed by atoms with Crippen molar-refractivity contribution in [3.05, 3.63) is 71.0 Å². The largest absolute Gasteiger partial charge is 0.445 e. The van der Waals surface area contributed by atoms with Gasteiger partial charge in [0.25, 0.3) is 0 Å². The Morgan fingerprint density at radius 2 is 1.72 bits per heavy atom. The van der Waals surface area contributed by atoms with Gasteiger partial charge in [-0.2, -0.15) is 0 Å². The van der Waals surface area contributed by atoms with Crippen molar-refractivity contribution in [3.63, 3.8) is 0 Å². The smallest absolute Gasteiger partial charge is 0.407 e. The predicted octanol–water partition coefficient (Wildman–Crippen LogP) is 2.42. The fraction of sp³-hybridized carbons (Fsp3) is 0.235. The Balaban J connectivity index is 1.86. The fourth-order valence-electron chi connectivity index (χ4n) is 2.05. The fourth-order valence-corrected chi connectivity index (χ4v) is 2.05. The molecule has 2 aromatic rings. The Kier molecular flexibility index (Phi) is 6.37. The van der Waals surface area contributed by atoms with Crippen LogP contribution in [-0.2, 0) is 11.3 Å². The van der Waals surface area contributed by atoms with E-state index in [0.717, 1.165) is 11.6 Å². The summed E-state index contributed by atoms with van der Waals surface area (Å²) in [5.74, 6) is -4.76. The van der Waals surface area contributed by atoms with Gasteiger partial charge in [0.05, 0.1) is 0 Å². The van der Waals surface area contributed by atoms with Crippen molar-refractivity contribution in [3.8, 4) is 0 Å². The zero-order valence-electron chi connectivity index (χ0n) is 13.0. The maximum absolute atomic E-state index is 13.6. The molecule has 25 heavy (non-hydrogen) atoms. The zero-order valence-corrected chi connectivity index (χ0v) is 13.0. The molecule has 0 fully saturated rings. The number of ether oxygens (including phenoxy) is 1.